The third kappa shape index (κ3) is 2.84. The highest BCUT2D eigenvalue weighted by atomic mass is 32.2. The molecule has 1 saturated carbocycles. The third-order valence-corrected chi connectivity index (χ3v) is 7.73. The lowest BCUT2D eigenvalue weighted by molar-refractivity contribution is 0.107. The van der Waals surface area contributed by atoms with E-state index < -0.39 is 27.6 Å². The SMILES string of the molecule is N=C(Nc1ccc2c(c1)C(O)C1(CCCCC1)[S+]2[O-])c1c(N)cc[nH]c1=O. The molecule has 1 aliphatic carbocycles. The Hall–Kier alpha value is -2.29. The number of hydrogen-bond donors (Lipinski definition) is 5. The number of anilines is 2. The number of nitrogens with one attached hydrogen (secondary N) is 3. The fourth-order valence-corrected chi connectivity index (χ4v) is 6.18. The molecule has 0 amide bonds. The zero-order valence-corrected chi connectivity index (χ0v) is 15.6. The molecule has 2 heterocycles. The summed E-state index contributed by atoms with van der Waals surface area (Å²) in [5, 5.41) is 22.0. The molecule has 2 aliphatic rings. The monoisotopic (exact) mass is 386 g/mol. The Kier molecular flexibility index (Phi) is 4.49. The summed E-state index contributed by atoms with van der Waals surface area (Å²) in [7, 11) is 0. The van der Waals surface area contributed by atoms with Crippen molar-refractivity contribution in [2.24, 2.45) is 0 Å². The first-order valence-corrected chi connectivity index (χ1v) is 10.2. The van der Waals surface area contributed by atoms with Crippen LogP contribution in [0.3, 0.4) is 0 Å². The van der Waals surface area contributed by atoms with Gasteiger partial charge in [0.1, 0.15) is 17.5 Å². The van der Waals surface area contributed by atoms with Gasteiger partial charge in [-0.3, -0.25) is 10.2 Å². The molecule has 2 aromatic rings. The van der Waals surface area contributed by atoms with Crippen LogP contribution in [-0.2, 0) is 11.2 Å². The lowest BCUT2D eigenvalue weighted by Gasteiger charge is -2.35. The van der Waals surface area contributed by atoms with E-state index in [-0.39, 0.29) is 17.1 Å². The van der Waals surface area contributed by atoms with E-state index in [1.54, 1.807) is 18.2 Å². The highest BCUT2D eigenvalue weighted by Crippen LogP contribution is 2.54. The van der Waals surface area contributed by atoms with Crippen LogP contribution < -0.4 is 16.6 Å². The Morgan fingerprint density at radius 1 is 1.33 bits per heavy atom. The summed E-state index contributed by atoms with van der Waals surface area (Å²) in [6.45, 7) is 0. The first kappa shape index (κ1) is 18.1. The number of aliphatic hydroxyl groups excluding tert-OH is 1. The van der Waals surface area contributed by atoms with Crippen LogP contribution in [0.1, 0.15) is 49.3 Å². The van der Waals surface area contributed by atoms with Crippen molar-refractivity contribution in [2.45, 2.75) is 47.9 Å². The average molecular weight is 386 g/mol. The Morgan fingerprint density at radius 2 is 2.07 bits per heavy atom. The van der Waals surface area contributed by atoms with E-state index in [9.17, 15) is 14.5 Å². The van der Waals surface area contributed by atoms with Gasteiger partial charge in [0.25, 0.3) is 5.56 Å². The molecule has 27 heavy (non-hydrogen) atoms. The molecule has 1 fully saturated rings. The minimum atomic E-state index is -1.24. The zero-order valence-electron chi connectivity index (χ0n) is 14.7. The van der Waals surface area contributed by atoms with Gasteiger partial charge in [0.2, 0.25) is 0 Å². The van der Waals surface area contributed by atoms with Crippen LogP contribution in [0.2, 0.25) is 0 Å². The topological polar surface area (TPSA) is 138 Å². The van der Waals surface area contributed by atoms with Gasteiger partial charge in [-0.1, -0.05) is 6.42 Å². The van der Waals surface area contributed by atoms with Gasteiger partial charge < -0.3 is 25.7 Å². The number of H-pyrrole nitrogens is 1. The minimum absolute atomic E-state index is 0.0610. The van der Waals surface area contributed by atoms with Gasteiger partial charge in [-0.05, 0) is 48.3 Å². The first-order valence-electron chi connectivity index (χ1n) is 9.01. The average Bonchev–Trinajstić information content (AvgIpc) is 2.84. The molecule has 0 bridgehead atoms. The van der Waals surface area contributed by atoms with Crippen molar-refractivity contribution < 1.29 is 9.66 Å². The smallest absolute Gasteiger partial charge is 0.261 e. The third-order valence-electron chi connectivity index (χ3n) is 5.58. The molecule has 1 aromatic heterocycles. The molecule has 1 aromatic carbocycles. The van der Waals surface area contributed by atoms with Gasteiger partial charge in [0.05, 0.1) is 0 Å². The summed E-state index contributed by atoms with van der Waals surface area (Å²) in [5.41, 5.74) is 6.83. The Morgan fingerprint density at radius 3 is 2.78 bits per heavy atom. The number of rotatable bonds is 2. The minimum Gasteiger partial charge on any atom is -0.611 e. The standard InChI is InChI=1S/C19H22N4O3S/c20-13-6-9-22-18(25)15(13)17(21)23-11-4-5-14-12(10-11)16(24)19(27(14)26)7-2-1-3-8-19/h4-6,9-10,16,24H,1-3,7-8H2,(H2,21,23)(H3,20,22,25). The fraction of sp³-hybridized carbons (Fsp3) is 0.368. The summed E-state index contributed by atoms with van der Waals surface area (Å²) < 4.78 is 12.5. The maximum Gasteiger partial charge on any atom is 0.261 e. The summed E-state index contributed by atoms with van der Waals surface area (Å²) in [5.74, 6) is -0.129. The lowest BCUT2D eigenvalue weighted by atomic mass is 9.82. The molecule has 0 radical (unpaired) electrons. The number of hydrogen-bond acceptors (Lipinski definition) is 5. The van der Waals surface area contributed by atoms with Gasteiger partial charge in [-0.2, -0.15) is 0 Å². The molecule has 2 unspecified atom stereocenters. The van der Waals surface area contributed by atoms with Crippen molar-refractivity contribution in [3.63, 3.8) is 0 Å². The van der Waals surface area contributed by atoms with Crippen molar-refractivity contribution in [2.75, 3.05) is 11.1 Å². The van der Waals surface area contributed by atoms with Crippen LogP contribution in [0.5, 0.6) is 0 Å². The van der Waals surface area contributed by atoms with Crippen molar-refractivity contribution in [3.05, 3.63) is 51.9 Å². The molecule has 8 heteroatoms. The Bertz CT molecular complexity index is 952. The maximum absolute atomic E-state index is 13.1. The van der Waals surface area contributed by atoms with E-state index in [1.807, 2.05) is 0 Å². The van der Waals surface area contributed by atoms with Crippen molar-refractivity contribution in [1.82, 2.24) is 4.98 Å². The first-order chi connectivity index (χ1) is 12.9. The quantitative estimate of drug-likeness (QED) is 0.306. The highest BCUT2D eigenvalue weighted by Gasteiger charge is 2.57. The predicted octanol–water partition coefficient (Wildman–Crippen LogP) is 2.25. The summed E-state index contributed by atoms with van der Waals surface area (Å²) >= 11 is -1.24. The van der Waals surface area contributed by atoms with Gasteiger partial charge in [0.15, 0.2) is 9.64 Å². The normalized spacial score (nSPS) is 23.2. The molecule has 0 saturated heterocycles. The van der Waals surface area contributed by atoms with Gasteiger partial charge in [-0.15, -0.1) is 0 Å². The van der Waals surface area contributed by atoms with Crippen LogP contribution in [0.25, 0.3) is 0 Å². The van der Waals surface area contributed by atoms with Crippen molar-refractivity contribution >= 4 is 28.4 Å². The fourth-order valence-electron chi connectivity index (χ4n) is 4.18. The van der Waals surface area contributed by atoms with E-state index in [1.165, 1.54) is 12.3 Å². The number of fused-ring (bicyclic) bond motifs is 1. The van der Waals surface area contributed by atoms with Crippen LogP contribution >= 0.6 is 0 Å². The number of nitrogens with two attached hydrogens (primary N) is 1. The lowest BCUT2D eigenvalue weighted by Crippen LogP contribution is -2.41. The second kappa shape index (κ2) is 6.70. The highest BCUT2D eigenvalue weighted by molar-refractivity contribution is 7.93. The van der Waals surface area contributed by atoms with E-state index in [2.05, 4.69) is 10.3 Å². The molecule has 4 rings (SSSR count). The van der Waals surface area contributed by atoms with Gasteiger partial charge in [-0.25, -0.2) is 0 Å². The maximum atomic E-state index is 13.1. The van der Waals surface area contributed by atoms with Crippen LogP contribution in [-0.4, -0.2) is 25.2 Å². The largest absolute Gasteiger partial charge is 0.611 e. The molecular weight excluding hydrogens is 364 g/mol. The molecule has 7 nitrogen and oxygen atoms in total. The second-order valence-corrected chi connectivity index (χ2v) is 8.98. The van der Waals surface area contributed by atoms with Crippen molar-refractivity contribution in [1.29, 1.82) is 5.41 Å². The zero-order chi connectivity index (χ0) is 19.2. The molecule has 1 spiro atoms. The van der Waals surface area contributed by atoms with Crippen LogP contribution in [0.15, 0.2) is 40.2 Å². The Balaban J connectivity index is 1.64. The second-order valence-electron chi connectivity index (χ2n) is 7.19. The summed E-state index contributed by atoms with van der Waals surface area (Å²) in [4.78, 5) is 15.1. The van der Waals surface area contributed by atoms with E-state index in [0.717, 1.165) is 32.1 Å². The number of aromatic nitrogens is 1. The molecule has 2 atom stereocenters. The molecule has 142 valence electrons. The summed E-state index contributed by atoms with van der Waals surface area (Å²) in [6, 6.07) is 6.71. The van der Waals surface area contributed by atoms with E-state index in [4.69, 9.17) is 11.1 Å². The number of aromatic amines is 1. The van der Waals surface area contributed by atoms with Gasteiger partial charge in [0, 0.05) is 36.0 Å². The number of nitrogen functional groups attached to an aromatic ring is 1. The molecule has 6 N–H and O–H groups in total. The van der Waals surface area contributed by atoms with E-state index >= 15 is 0 Å². The van der Waals surface area contributed by atoms with Crippen LogP contribution in [0.4, 0.5) is 11.4 Å². The number of aliphatic hydroxyl groups is 1. The van der Waals surface area contributed by atoms with Gasteiger partial charge >= 0.3 is 0 Å². The number of amidine groups is 1. The van der Waals surface area contributed by atoms with Crippen LogP contribution in [0, 0.1) is 5.41 Å². The predicted molar refractivity (Wildman–Crippen MR) is 106 cm³/mol. The molecule has 1 aliphatic heterocycles. The Labute approximate surface area is 159 Å². The van der Waals surface area contributed by atoms with E-state index in [0.29, 0.717) is 16.1 Å². The number of benzene rings is 1. The van der Waals surface area contributed by atoms with Crippen molar-refractivity contribution in [3.8, 4) is 0 Å². The molecular formula is C19H22N4O3S. The number of pyridine rings is 1. The summed E-state index contributed by atoms with van der Waals surface area (Å²) in [6.07, 6.45) is 5.21.